The standard InChI is InChI=1S/C18H22N2O3/c1-13(16-11-15(22-2)9-10-17(16)23-3)20-18(21)19-12-14-7-5-4-6-8-14/h4-11,13H,12H2,1-3H3,(H2,19,20,21). The van der Waals surface area contributed by atoms with Gasteiger partial charge in [-0.2, -0.15) is 0 Å². The molecule has 0 aromatic heterocycles. The van der Waals surface area contributed by atoms with Crippen molar-refractivity contribution in [2.45, 2.75) is 19.5 Å². The van der Waals surface area contributed by atoms with Crippen molar-refractivity contribution >= 4 is 6.03 Å². The fourth-order valence-corrected chi connectivity index (χ4v) is 2.28. The van der Waals surface area contributed by atoms with Crippen LogP contribution in [0.2, 0.25) is 0 Å². The molecule has 0 saturated heterocycles. The Hall–Kier alpha value is -2.69. The summed E-state index contributed by atoms with van der Waals surface area (Å²) in [6.45, 7) is 2.38. The molecule has 0 heterocycles. The first-order valence-corrected chi connectivity index (χ1v) is 7.44. The van der Waals surface area contributed by atoms with E-state index in [0.717, 1.165) is 16.9 Å². The smallest absolute Gasteiger partial charge is 0.315 e. The molecule has 0 saturated carbocycles. The number of carbonyl (C=O) groups excluding carboxylic acids is 1. The summed E-state index contributed by atoms with van der Waals surface area (Å²) in [7, 11) is 3.21. The van der Waals surface area contributed by atoms with Crippen LogP contribution >= 0.6 is 0 Å². The molecule has 23 heavy (non-hydrogen) atoms. The van der Waals surface area contributed by atoms with Crippen LogP contribution in [0.15, 0.2) is 48.5 Å². The Labute approximate surface area is 136 Å². The summed E-state index contributed by atoms with van der Waals surface area (Å²) in [6, 6.07) is 14.8. The van der Waals surface area contributed by atoms with Gasteiger partial charge in [0, 0.05) is 12.1 Å². The maximum absolute atomic E-state index is 12.1. The predicted octanol–water partition coefficient (Wildman–Crippen LogP) is 3.26. The Kier molecular flexibility index (Phi) is 5.86. The number of nitrogens with one attached hydrogen (secondary N) is 2. The Morgan fingerprint density at radius 3 is 2.48 bits per heavy atom. The minimum Gasteiger partial charge on any atom is -0.497 e. The van der Waals surface area contributed by atoms with Gasteiger partial charge in [0.25, 0.3) is 0 Å². The average Bonchev–Trinajstić information content (AvgIpc) is 2.60. The molecule has 0 aliphatic heterocycles. The molecule has 0 fully saturated rings. The quantitative estimate of drug-likeness (QED) is 0.860. The third-order valence-corrected chi connectivity index (χ3v) is 3.55. The fourth-order valence-electron chi connectivity index (χ4n) is 2.28. The summed E-state index contributed by atoms with van der Waals surface area (Å²) in [5, 5.41) is 5.75. The Balaban J connectivity index is 1.98. The van der Waals surface area contributed by atoms with Crippen molar-refractivity contribution in [1.29, 1.82) is 0 Å². The van der Waals surface area contributed by atoms with Crippen LogP contribution in [0.5, 0.6) is 11.5 Å². The van der Waals surface area contributed by atoms with Gasteiger partial charge in [0.2, 0.25) is 0 Å². The van der Waals surface area contributed by atoms with E-state index in [9.17, 15) is 4.79 Å². The molecule has 2 aromatic carbocycles. The van der Waals surface area contributed by atoms with E-state index in [0.29, 0.717) is 12.3 Å². The average molecular weight is 314 g/mol. The minimum absolute atomic E-state index is 0.212. The SMILES string of the molecule is COc1ccc(OC)c(C(C)NC(=O)NCc2ccccc2)c1. The van der Waals surface area contributed by atoms with Crippen LogP contribution in [0.1, 0.15) is 24.1 Å². The first-order chi connectivity index (χ1) is 11.1. The molecular weight excluding hydrogens is 292 g/mol. The number of carbonyl (C=O) groups is 1. The molecule has 5 nitrogen and oxygen atoms in total. The monoisotopic (exact) mass is 314 g/mol. The third kappa shape index (κ3) is 4.64. The lowest BCUT2D eigenvalue weighted by atomic mass is 10.1. The van der Waals surface area contributed by atoms with Crippen molar-refractivity contribution in [3.8, 4) is 11.5 Å². The number of ether oxygens (including phenoxy) is 2. The van der Waals surface area contributed by atoms with Crippen LogP contribution in [-0.4, -0.2) is 20.3 Å². The van der Waals surface area contributed by atoms with Gasteiger partial charge >= 0.3 is 6.03 Å². The zero-order valence-corrected chi connectivity index (χ0v) is 13.6. The first kappa shape index (κ1) is 16.7. The second-order valence-corrected chi connectivity index (χ2v) is 5.14. The maximum Gasteiger partial charge on any atom is 0.315 e. The molecule has 122 valence electrons. The van der Waals surface area contributed by atoms with Crippen molar-refractivity contribution in [2.24, 2.45) is 0 Å². The molecule has 2 N–H and O–H groups in total. The van der Waals surface area contributed by atoms with Gasteiger partial charge in [0.05, 0.1) is 20.3 Å². The molecule has 0 radical (unpaired) electrons. The second kappa shape index (κ2) is 8.08. The molecular formula is C18H22N2O3. The van der Waals surface area contributed by atoms with Crippen LogP contribution in [-0.2, 0) is 6.54 Å². The Morgan fingerprint density at radius 2 is 1.83 bits per heavy atom. The van der Waals surface area contributed by atoms with Crippen LogP contribution < -0.4 is 20.1 Å². The summed E-state index contributed by atoms with van der Waals surface area (Å²) in [4.78, 5) is 12.1. The zero-order valence-electron chi connectivity index (χ0n) is 13.6. The van der Waals surface area contributed by atoms with Gasteiger partial charge in [-0.05, 0) is 30.7 Å². The lowest BCUT2D eigenvalue weighted by Gasteiger charge is -2.18. The van der Waals surface area contributed by atoms with Gasteiger partial charge in [-0.15, -0.1) is 0 Å². The first-order valence-electron chi connectivity index (χ1n) is 7.44. The van der Waals surface area contributed by atoms with Gasteiger partial charge in [-0.25, -0.2) is 4.79 Å². The van der Waals surface area contributed by atoms with E-state index in [4.69, 9.17) is 9.47 Å². The van der Waals surface area contributed by atoms with Gasteiger partial charge in [-0.3, -0.25) is 0 Å². The van der Waals surface area contributed by atoms with Crippen LogP contribution in [0.25, 0.3) is 0 Å². The van der Waals surface area contributed by atoms with E-state index >= 15 is 0 Å². The number of amides is 2. The number of urea groups is 1. The van der Waals surface area contributed by atoms with Crippen molar-refractivity contribution in [1.82, 2.24) is 10.6 Å². The number of rotatable bonds is 6. The minimum atomic E-state index is -0.230. The summed E-state index contributed by atoms with van der Waals surface area (Å²) >= 11 is 0. The van der Waals surface area contributed by atoms with Crippen LogP contribution in [0.3, 0.4) is 0 Å². The molecule has 2 rings (SSSR count). The molecule has 0 spiro atoms. The normalized spacial score (nSPS) is 11.4. The second-order valence-electron chi connectivity index (χ2n) is 5.14. The highest BCUT2D eigenvalue weighted by Crippen LogP contribution is 2.29. The number of benzene rings is 2. The predicted molar refractivity (Wildman–Crippen MR) is 89.8 cm³/mol. The summed E-state index contributed by atoms with van der Waals surface area (Å²) in [5.74, 6) is 1.43. The van der Waals surface area contributed by atoms with E-state index in [-0.39, 0.29) is 12.1 Å². The number of hydrogen-bond donors (Lipinski definition) is 2. The van der Waals surface area contributed by atoms with Crippen molar-refractivity contribution in [3.63, 3.8) is 0 Å². The van der Waals surface area contributed by atoms with Crippen LogP contribution in [0, 0.1) is 0 Å². The molecule has 0 bridgehead atoms. The lowest BCUT2D eigenvalue weighted by molar-refractivity contribution is 0.237. The third-order valence-electron chi connectivity index (χ3n) is 3.55. The maximum atomic E-state index is 12.1. The van der Waals surface area contributed by atoms with Crippen molar-refractivity contribution in [2.75, 3.05) is 14.2 Å². The topological polar surface area (TPSA) is 59.6 Å². The highest BCUT2D eigenvalue weighted by atomic mass is 16.5. The zero-order chi connectivity index (χ0) is 16.7. The molecule has 1 atom stereocenters. The van der Waals surface area contributed by atoms with Gasteiger partial charge < -0.3 is 20.1 Å². The van der Waals surface area contributed by atoms with E-state index in [1.165, 1.54) is 0 Å². The summed E-state index contributed by atoms with van der Waals surface area (Å²) in [5.41, 5.74) is 1.91. The molecule has 5 heteroatoms. The molecule has 1 unspecified atom stereocenters. The molecule has 0 aliphatic rings. The largest absolute Gasteiger partial charge is 0.497 e. The van der Waals surface area contributed by atoms with Crippen molar-refractivity contribution in [3.05, 3.63) is 59.7 Å². The lowest BCUT2D eigenvalue weighted by Crippen LogP contribution is -2.36. The van der Waals surface area contributed by atoms with Gasteiger partial charge in [0.1, 0.15) is 11.5 Å². The summed E-state index contributed by atoms with van der Waals surface area (Å²) < 4.78 is 10.6. The van der Waals surface area contributed by atoms with E-state index in [1.807, 2.05) is 55.5 Å². The van der Waals surface area contributed by atoms with Gasteiger partial charge in [-0.1, -0.05) is 30.3 Å². The van der Waals surface area contributed by atoms with Gasteiger partial charge in [0.15, 0.2) is 0 Å². The van der Waals surface area contributed by atoms with E-state index < -0.39 is 0 Å². The van der Waals surface area contributed by atoms with E-state index in [2.05, 4.69) is 10.6 Å². The summed E-state index contributed by atoms with van der Waals surface area (Å²) in [6.07, 6.45) is 0. The van der Waals surface area contributed by atoms with E-state index in [1.54, 1.807) is 14.2 Å². The van der Waals surface area contributed by atoms with Crippen LogP contribution in [0.4, 0.5) is 4.79 Å². The molecule has 2 amide bonds. The molecule has 0 aliphatic carbocycles. The highest BCUT2D eigenvalue weighted by Gasteiger charge is 2.15. The Morgan fingerprint density at radius 1 is 1.09 bits per heavy atom. The number of methoxy groups -OCH3 is 2. The molecule has 2 aromatic rings. The highest BCUT2D eigenvalue weighted by molar-refractivity contribution is 5.74. The Bertz CT molecular complexity index is 644. The van der Waals surface area contributed by atoms with Crippen molar-refractivity contribution < 1.29 is 14.3 Å². The number of hydrogen-bond acceptors (Lipinski definition) is 3. The fraction of sp³-hybridized carbons (Fsp3) is 0.278.